The fraction of sp³-hybridized carbons (Fsp3) is 0.333. The number of aromatic nitrogens is 3. The highest BCUT2D eigenvalue weighted by Crippen LogP contribution is 2.34. The van der Waals surface area contributed by atoms with E-state index >= 15 is 0 Å². The molecule has 4 aromatic rings. The third kappa shape index (κ3) is 5.61. The molecule has 5 rings (SSSR count). The summed E-state index contributed by atoms with van der Waals surface area (Å²) in [5.41, 5.74) is 3.51. The van der Waals surface area contributed by atoms with Gasteiger partial charge in [0.1, 0.15) is 13.2 Å². The molecule has 1 aliphatic heterocycles. The van der Waals surface area contributed by atoms with Crippen LogP contribution in [-0.4, -0.2) is 67.3 Å². The van der Waals surface area contributed by atoms with Gasteiger partial charge < -0.3 is 14.4 Å². The summed E-state index contributed by atoms with van der Waals surface area (Å²) in [6.07, 6.45) is 0.484. The fourth-order valence-corrected chi connectivity index (χ4v) is 5.40. The van der Waals surface area contributed by atoms with Crippen molar-refractivity contribution in [2.75, 3.05) is 39.4 Å². The van der Waals surface area contributed by atoms with Gasteiger partial charge in [0.05, 0.1) is 10.6 Å². The summed E-state index contributed by atoms with van der Waals surface area (Å²) in [7, 11) is -3.56. The number of likely N-dealkylation sites (N-methyl/N-ethyl adjacent to an activating group) is 1. The molecule has 10 heteroatoms. The summed E-state index contributed by atoms with van der Waals surface area (Å²) in [6, 6.07) is 18.6. The van der Waals surface area contributed by atoms with E-state index in [-0.39, 0.29) is 4.90 Å². The zero-order valence-corrected chi connectivity index (χ0v) is 21.9. The Morgan fingerprint density at radius 2 is 1.73 bits per heavy atom. The first kappa shape index (κ1) is 25.2. The summed E-state index contributed by atoms with van der Waals surface area (Å²) in [4.78, 5) is 7.11. The van der Waals surface area contributed by atoms with E-state index in [0.29, 0.717) is 38.5 Å². The monoisotopic (exact) mass is 521 g/mol. The van der Waals surface area contributed by atoms with Gasteiger partial charge in [-0.05, 0) is 61.1 Å². The Hall–Kier alpha value is -3.47. The molecular formula is C27H31N5O4S. The fourth-order valence-electron chi connectivity index (χ4n) is 4.38. The molecule has 0 bridgehead atoms. The van der Waals surface area contributed by atoms with Crippen molar-refractivity contribution < 1.29 is 17.9 Å². The molecule has 0 saturated carbocycles. The molecule has 0 saturated heterocycles. The number of hydrogen-bond acceptors (Lipinski definition) is 7. The van der Waals surface area contributed by atoms with E-state index in [2.05, 4.69) is 28.5 Å². The summed E-state index contributed by atoms with van der Waals surface area (Å²) >= 11 is 0. The molecule has 1 aliphatic rings. The van der Waals surface area contributed by atoms with E-state index in [4.69, 9.17) is 14.6 Å². The maximum absolute atomic E-state index is 12.7. The molecule has 0 unspecified atom stereocenters. The minimum atomic E-state index is -3.56. The van der Waals surface area contributed by atoms with Crippen molar-refractivity contribution in [3.8, 4) is 22.8 Å². The summed E-state index contributed by atoms with van der Waals surface area (Å²) in [5, 5.41) is 4.74. The van der Waals surface area contributed by atoms with Gasteiger partial charge in [-0.2, -0.15) is 5.10 Å². The van der Waals surface area contributed by atoms with Gasteiger partial charge in [0.25, 0.3) is 0 Å². The first-order valence-electron chi connectivity index (χ1n) is 12.5. The third-order valence-electron chi connectivity index (χ3n) is 6.45. The molecule has 1 N–H and O–H groups in total. The predicted molar refractivity (Wildman–Crippen MR) is 142 cm³/mol. The Kier molecular flexibility index (Phi) is 7.40. The van der Waals surface area contributed by atoms with Crippen LogP contribution in [0.4, 0.5) is 0 Å². The SMILES string of the molecule is CCN(CC)CCNS(=O)(=O)c1ccc(Cc2nc3cccc(-c4ccc5c(c4)OCCO5)n3n2)cc1. The Morgan fingerprint density at radius 1 is 0.973 bits per heavy atom. The molecule has 37 heavy (non-hydrogen) atoms. The molecule has 2 aromatic carbocycles. The zero-order chi connectivity index (χ0) is 25.8. The van der Waals surface area contributed by atoms with Crippen LogP contribution in [0.15, 0.2) is 65.6 Å². The lowest BCUT2D eigenvalue weighted by molar-refractivity contribution is 0.171. The van der Waals surface area contributed by atoms with E-state index in [1.807, 2.05) is 53.0 Å². The quantitative estimate of drug-likeness (QED) is 0.342. The van der Waals surface area contributed by atoms with Crippen molar-refractivity contribution in [3.05, 3.63) is 72.1 Å². The predicted octanol–water partition coefficient (Wildman–Crippen LogP) is 3.38. The van der Waals surface area contributed by atoms with Crippen molar-refractivity contribution in [1.82, 2.24) is 24.2 Å². The number of benzene rings is 2. The molecule has 9 nitrogen and oxygen atoms in total. The van der Waals surface area contributed by atoms with E-state index < -0.39 is 10.0 Å². The maximum atomic E-state index is 12.7. The van der Waals surface area contributed by atoms with Gasteiger partial charge in [-0.15, -0.1) is 0 Å². The average Bonchev–Trinajstić information content (AvgIpc) is 3.33. The van der Waals surface area contributed by atoms with E-state index in [1.54, 1.807) is 12.1 Å². The van der Waals surface area contributed by atoms with E-state index in [1.165, 1.54) is 0 Å². The molecule has 0 atom stereocenters. The Bertz CT molecular complexity index is 1480. The highest BCUT2D eigenvalue weighted by molar-refractivity contribution is 7.89. The second-order valence-corrected chi connectivity index (χ2v) is 10.6. The van der Waals surface area contributed by atoms with Gasteiger partial charge in [-0.1, -0.05) is 32.0 Å². The van der Waals surface area contributed by atoms with Crippen LogP contribution >= 0.6 is 0 Å². The van der Waals surface area contributed by atoms with Gasteiger partial charge in [-0.25, -0.2) is 22.6 Å². The second kappa shape index (κ2) is 10.9. The van der Waals surface area contributed by atoms with Crippen LogP contribution in [0.3, 0.4) is 0 Å². The molecule has 0 aliphatic carbocycles. The lowest BCUT2D eigenvalue weighted by Crippen LogP contribution is -2.34. The van der Waals surface area contributed by atoms with E-state index in [0.717, 1.165) is 47.1 Å². The highest BCUT2D eigenvalue weighted by atomic mass is 32.2. The third-order valence-corrected chi connectivity index (χ3v) is 7.93. The Balaban J connectivity index is 1.31. The standard InChI is InChI=1S/C27H31N5O4S/c1-3-31(4-2)15-14-28-37(33,34)22-11-8-20(9-12-22)18-26-29-27-7-5-6-23(32(27)30-26)21-10-13-24-25(19-21)36-17-16-35-24/h5-13,19,28H,3-4,14-18H2,1-2H3. The number of rotatable bonds is 10. The van der Waals surface area contributed by atoms with E-state index in [9.17, 15) is 8.42 Å². The van der Waals surface area contributed by atoms with Crippen molar-refractivity contribution >= 4 is 15.7 Å². The van der Waals surface area contributed by atoms with Crippen LogP contribution in [-0.2, 0) is 16.4 Å². The average molecular weight is 522 g/mol. The van der Waals surface area contributed by atoms with Gasteiger partial charge >= 0.3 is 0 Å². The van der Waals surface area contributed by atoms with Gasteiger partial charge in [-0.3, -0.25) is 0 Å². The highest BCUT2D eigenvalue weighted by Gasteiger charge is 2.16. The van der Waals surface area contributed by atoms with Gasteiger partial charge in [0, 0.05) is 25.1 Å². The maximum Gasteiger partial charge on any atom is 0.240 e. The number of fused-ring (bicyclic) bond motifs is 2. The first-order chi connectivity index (χ1) is 18.0. The van der Waals surface area contributed by atoms with Crippen molar-refractivity contribution in [1.29, 1.82) is 0 Å². The Labute approximate surface area is 217 Å². The first-order valence-corrected chi connectivity index (χ1v) is 14.0. The summed E-state index contributed by atoms with van der Waals surface area (Å²) in [5.74, 6) is 2.11. The number of nitrogens with zero attached hydrogens (tertiary/aromatic N) is 4. The molecule has 0 radical (unpaired) electrons. The smallest absolute Gasteiger partial charge is 0.240 e. The number of ether oxygens (including phenoxy) is 2. The van der Waals surface area contributed by atoms with Crippen molar-refractivity contribution in [2.24, 2.45) is 0 Å². The molecule has 2 aromatic heterocycles. The van der Waals surface area contributed by atoms with Crippen LogP contribution < -0.4 is 14.2 Å². The second-order valence-electron chi connectivity index (χ2n) is 8.81. The minimum absolute atomic E-state index is 0.250. The summed E-state index contributed by atoms with van der Waals surface area (Å²) in [6.45, 7) is 8.04. The van der Waals surface area contributed by atoms with Crippen molar-refractivity contribution in [3.63, 3.8) is 0 Å². The zero-order valence-electron chi connectivity index (χ0n) is 21.1. The van der Waals surface area contributed by atoms with Crippen molar-refractivity contribution in [2.45, 2.75) is 25.2 Å². The van der Waals surface area contributed by atoms with Gasteiger partial charge in [0.15, 0.2) is 23.0 Å². The minimum Gasteiger partial charge on any atom is -0.486 e. The summed E-state index contributed by atoms with van der Waals surface area (Å²) < 4.78 is 41.2. The van der Waals surface area contributed by atoms with Crippen LogP contribution in [0.1, 0.15) is 25.2 Å². The van der Waals surface area contributed by atoms with Gasteiger partial charge in [0.2, 0.25) is 10.0 Å². The lowest BCUT2D eigenvalue weighted by atomic mass is 10.1. The largest absolute Gasteiger partial charge is 0.486 e. The number of hydrogen-bond donors (Lipinski definition) is 1. The molecule has 194 valence electrons. The molecule has 3 heterocycles. The molecule has 0 fully saturated rings. The van der Waals surface area contributed by atoms with Crippen LogP contribution in [0, 0.1) is 0 Å². The number of sulfonamides is 1. The number of nitrogens with one attached hydrogen (secondary N) is 1. The number of pyridine rings is 1. The lowest BCUT2D eigenvalue weighted by Gasteiger charge is -2.19. The normalized spacial score (nSPS) is 13.4. The molecule has 0 spiro atoms. The molecule has 0 amide bonds. The molecular weight excluding hydrogens is 490 g/mol. The topological polar surface area (TPSA) is 98.1 Å². The Morgan fingerprint density at radius 3 is 2.49 bits per heavy atom. The van der Waals surface area contributed by atoms with Crippen LogP contribution in [0.2, 0.25) is 0 Å². The van der Waals surface area contributed by atoms with Crippen LogP contribution in [0.5, 0.6) is 11.5 Å². The van der Waals surface area contributed by atoms with Crippen LogP contribution in [0.25, 0.3) is 16.9 Å².